The van der Waals surface area contributed by atoms with E-state index in [-0.39, 0.29) is 12.4 Å². The van der Waals surface area contributed by atoms with Gasteiger partial charge in [0.25, 0.3) is 0 Å². The molecule has 0 aliphatic carbocycles. The van der Waals surface area contributed by atoms with Gasteiger partial charge in [-0.15, -0.1) is 0 Å². The van der Waals surface area contributed by atoms with Gasteiger partial charge in [-0.05, 0) is 31.2 Å². The molecule has 0 aliphatic rings. The van der Waals surface area contributed by atoms with Crippen molar-refractivity contribution in [1.29, 1.82) is 0 Å². The third kappa shape index (κ3) is 3.91. The minimum atomic E-state index is -3.98. The van der Waals surface area contributed by atoms with Crippen molar-refractivity contribution in [2.24, 2.45) is 0 Å². The van der Waals surface area contributed by atoms with E-state index in [1.807, 2.05) is 0 Å². The van der Waals surface area contributed by atoms with Crippen LogP contribution < -0.4 is 9.26 Å². The van der Waals surface area contributed by atoms with Crippen molar-refractivity contribution >= 4 is 7.82 Å². The number of hydrogen-bond donors (Lipinski definition) is 1. The first-order valence-electron chi connectivity index (χ1n) is 4.38. The lowest BCUT2D eigenvalue weighted by Crippen LogP contribution is -1.96. The van der Waals surface area contributed by atoms with Gasteiger partial charge in [0.1, 0.15) is 11.5 Å². The molecule has 5 nitrogen and oxygen atoms in total. The van der Waals surface area contributed by atoms with Crippen LogP contribution in [0.25, 0.3) is 0 Å². The first-order valence-corrected chi connectivity index (χ1v) is 5.88. The highest BCUT2D eigenvalue weighted by Crippen LogP contribution is 2.43. The summed E-state index contributed by atoms with van der Waals surface area (Å²) in [4.78, 5) is 9.17. The third-order valence-electron chi connectivity index (χ3n) is 1.57. The van der Waals surface area contributed by atoms with Gasteiger partial charge in [-0.25, -0.2) is 4.57 Å². The Hall–Kier alpha value is -1.03. The molecule has 0 bridgehead atoms. The molecule has 1 unspecified atom stereocenters. The van der Waals surface area contributed by atoms with Crippen LogP contribution in [0.5, 0.6) is 11.5 Å². The monoisotopic (exact) mass is 232 g/mol. The molecular formula is C9H13O5P. The molecule has 0 aromatic heterocycles. The maximum Gasteiger partial charge on any atom is 0.527 e. The topological polar surface area (TPSA) is 65.0 Å². The number of phosphoric ester groups is 1. The minimum absolute atomic E-state index is 0.115. The molecule has 0 radical (unpaired) electrons. The Bertz CT molecular complexity index is 348. The smallest absolute Gasteiger partial charge is 0.497 e. The van der Waals surface area contributed by atoms with E-state index in [2.05, 4.69) is 4.52 Å². The molecule has 0 amide bonds. The summed E-state index contributed by atoms with van der Waals surface area (Å²) in [5.41, 5.74) is 0. The van der Waals surface area contributed by atoms with E-state index in [0.717, 1.165) is 0 Å². The summed E-state index contributed by atoms with van der Waals surface area (Å²) in [5.74, 6) is 0.904. The van der Waals surface area contributed by atoms with E-state index >= 15 is 0 Å². The molecule has 0 aliphatic heterocycles. The molecule has 1 aromatic rings. The molecule has 0 spiro atoms. The SMILES string of the molecule is CCOP(=O)(O)Oc1ccc(OC)cc1. The lowest BCUT2D eigenvalue weighted by Gasteiger charge is -2.11. The molecule has 0 heterocycles. The van der Waals surface area contributed by atoms with E-state index < -0.39 is 7.82 Å². The van der Waals surface area contributed by atoms with Gasteiger partial charge in [-0.3, -0.25) is 9.42 Å². The second-order valence-corrected chi connectivity index (χ2v) is 4.03. The van der Waals surface area contributed by atoms with Gasteiger partial charge in [0.2, 0.25) is 0 Å². The maximum absolute atomic E-state index is 11.2. The van der Waals surface area contributed by atoms with Crippen molar-refractivity contribution in [2.45, 2.75) is 6.92 Å². The standard InChI is InChI=1S/C9H13O5P/c1-3-13-15(10,11)14-9-6-4-8(12-2)5-7-9/h4-7H,3H2,1-2H3,(H,10,11). The lowest BCUT2D eigenvalue weighted by molar-refractivity contribution is 0.213. The van der Waals surface area contributed by atoms with Crippen molar-refractivity contribution in [3.8, 4) is 11.5 Å². The maximum atomic E-state index is 11.2. The largest absolute Gasteiger partial charge is 0.527 e. The number of hydrogen-bond acceptors (Lipinski definition) is 4. The zero-order chi connectivity index (χ0) is 11.3. The van der Waals surface area contributed by atoms with E-state index in [0.29, 0.717) is 5.75 Å². The predicted molar refractivity (Wildman–Crippen MR) is 55.1 cm³/mol. The fraction of sp³-hybridized carbons (Fsp3) is 0.333. The van der Waals surface area contributed by atoms with E-state index in [4.69, 9.17) is 9.26 Å². The Balaban J connectivity index is 2.68. The number of benzene rings is 1. The number of ether oxygens (including phenoxy) is 1. The zero-order valence-corrected chi connectivity index (χ0v) is 9.44. The Morgan fingerprint density at radius 2 is 1.80 bits per heavy atom. The lowest BCUT2D eigenvalue weighted by atomic mass is 10.3. The fourth-order valence-corrected chi connectivity index (χ4v) is 1.73. The van der Waals surface area contributed by atoms with Gasteiger partial charge >= 0.3 is 7.82 Å². The van der Waals surface area contributed by atoms with Crippen LogP contribution in [0, 0.1) is 0 Å². The van der Waals surface area contributed by atoms with Gasteiger partial charge in [0.15, 0.2) is 0 Å². The molecule has 1 atom stereocenters. The summed E-state index contributed by atoms with van der Waals surface area (Å²) < 4.78 is 25.5. The van der Waals surface area contributed by atoms with Crippen molar-refractivity contribution < 1.29 is 23.2 Å². The molecule has 6 heteroatoms. The van der Waals surface area contributed by atoms with Crippen molar-refractivity contribution in [2.75, 3.05) is 13.7 Å². The zero-order valence-electron chi connectivity index (χ0n) is 8.54. The van der Waals surface area contributed by atoms with Crippen LogP contribution in [0.2, 0.25) is 0 Å². The van der Waals surface area contributed by atoms with Crippen LogP contribution in [0.1, 0.15) is 6.92 Å². The fourth-order valence-electron chi connectivity index (χ4n) is 0.959. The molecule has 1 rings (SSSR count). The van der Waals surface area contributed by atoms with E-state index in [1.165, 1.54) is 19.2 Å². The van der Waals surface area contributed by atoms with Crippen molar-refractivity contribution in [3.05, 3.63) is 24.3 Å². The van der Waals surface area contributed by atoms with Gasteiger partial charge in [-0.1, -0.05) is 0 Å². The average Bonchev–Trinajstić information content (AvgIpc) is 2.18. The summed E-state index contributed by atoms with van der Waals surface area (Å²) >= 11 is 0. The van der Waals surface area contributed by atoms with Crippen molar-refractivity contribution in [1.82, 2.24) is 0 Å². The van der Waals surface area contributed by atoms with Gasteiger partial charge in [-0.2, -0.15) is 0 Å². The summed E-state index contributed by atoms with van der Waals surface area (Å²) in [6.45, 7) is 1.73. The minimum Gasteiger partial charge on any atom is -0.497 e. The molecule has 15 heavy (non-hydrogen) atoms. The first-order chi connectivity index (χ1) is 7.07. The number of phosphoric acid groups is 1. The molecule has 1 aromatic carbocycles. The van der Waals surface area contributed by atoms with Crippen molar-refractivity contribution in [3.63, 3.8) is 0 Å². The molecule has 84 valence electrons. The Kier molecular flexibility index (Phi) is 4.15. The van der Waals surface area contributed by atoms with Gasteiger partial charge < -0.3 is 9.26 Å². The Labute approximate surface area is 88.2 Å². The predicted octanol–water partition coefficient (Wildman–Crippen LogP) is 2.21. The normalized spacial score (nSPS) is 14.3. The second kappa shape index (κ2) is 5.16. The highest BCUT2D eigenvalue weighted by molar-refractivity contribution is 7.47. The highest BCUT2D eigenvalue weighted by atomic mass is 31.2. The molecular weight excluding hydrogens is 219 g/mol. The number of methoxy groups -OCH3 is 1. The van der Waals surface area contributed by atoms with E-state index in [9.17, 15) is 9.46 Å². The van der Waals surface area contributed by atoms with Crippen LogP contribution in [0.3, 0.4) is 0 Å². The Morgan fingerprint density at radius 1 is 1.27 bits per heavy atom. The summed E-state index contributed by atoms with van der Waals surface area (Å²) in [7, 11) is -2.44. The first kappa shape index (κ1) is 12.0. The summed E-state index contributed by atoms with van der Waals surface area (Å²) in [5, 5.41) is 0. The van der Waals surface area contributed by atoms with Crippen LogP contribution in [0.4, 0.5) is 0 Å². The highest BCUT2D eigenvalue weighted by Gasteiger charge is 2.21. The molecule has 0 saturated carbocycles. The van der Waals surface area contributed by atoms with Crippen LogP contribution >= 0.6 is 7.82 Å². The summed E-state index contributed by atoms with van der Waals surface area (Å²) in [6, 6.07) is 6.31. The molecule has 0 saturated heterocycles. The van der Waals surface area contributed by atoms with Crippen LogP contribution in [-0.4, -0.2) is 18.6 Å². The number of rotatable bonds is 5. The quantitative estimate of drug-likeness (QED) is 0.788. The summed E-state index contributed by atoms with van der Waals surface area (Å²) in [6.07, 6.45) is 0. The average molecular weight is 232 g/mol. The van der Waals surface area contributed by atoms with Gasteiger partial charge in [0, 0.05) is 0 Å². The Morgan fingerprint density at radius 3 is 2.27 bits per heavy atom. The van der Waals surface area contributed by atoms with Gasteiger partial charge in [0.05, 0.1) is 13.7 Å². The molecule has 1 N–H and O–H groups in total. The van der Waals surface area contributed by atoms with Crippen LogP contribution in [-0.2, 0) is 9.09 Å². The second-order valence-electron chi connectivity index (χ2n) is 2.65. The van der Waals surface area contributed by atoms with E-state index in [1.54, 1.807) is 19.1 Å². The molecule has 0 fully saturated rings. The van der Waals surface area contributed by atoms with Crippen LogP contribution in [0.15, 0.2) is 24.3 Å². The third-order valence-corrected chi connectivity index (χ3v) is 2.60.